The second kappa shape index (κ2) is 6.20. The summed E-state index contributed by atoms with van der Waals surface area (Å²) < 4.78 is 0. The summed E-state index contributed by atoms with van der Waals surface area (Å²) in [7, 11) is 1.60. The van der Waals surface area contributed by atoms with E-state index in [1.54, 1.807) is 7.11 Å². The van der Waals surface area contributed by atoms with E-state index in [1.165, 1.54) is 12.1 Å². The molecule has 0 aromatic heterocycles. The Hall–Kier alpha value is -0.530. The summed E-state index contributed by atoms with van der Waals surface area (Å²) >= 11 is 0. The molecule has 2 heteroatoms. The smallest absolute Gasteiger partial charge is 0.106 e. The molecule has 0 heterocycles. The Labute approximate surface area is 69.6 Å². The van der Waals surface area contributed by atoms with Gasteiger partial charge in [0.15, 0.2) is 0 Å². The van der Waals surface area contributed by atoms with Crippen molar-refractivity contribution < 1.29 is 4.84 Å². The first-order chi connectivity index (χ1) is 5.24. The average molecular weight is 157 g/mol. The van der Waals surface area contributed by atoms with Crippen LogP contribution >= 0.6 is 0 Å². The molecular formula is C9H19NO. The molecule has 2 nitrogen and oxygen atoms in total. The third-order valence-electron chi connectivity index (χ3n) is 1.91. The van der Waals surface area contributed by atoms with Crippen molar-refractivity contribution >= 4 is 5.71 Å². The zero-order valence-corrected chi connectivity index (χ0v) is 8.05. The van der Waals surface area contributed by atoms with E-state index in [2.05, 4.69) is 25.9 Å². The molecule has 0 fully saturated rings. The second-order valence-electron chi connectivity index (χ2n) is 2.91. The number of hydrogen-bond acceptors (Lipinski definition) is 2. The lowest BCUT2D eigenvalue weighted by molar-refractivity contribution is 0.211. The van der Waals surface area contributed by atoms with Crippen molar-refractivity contribution in [1.29, 1.82) is 0 Å². The van der Waals surface area contributed by atoms with Gasteiger partial charge in [-0.05, 0) is 18.8 Å². The van der Waals surface area contributed by atoms with Crippen molar-refractivity contribution in [2.75, 3.05) is 7.11 Å². The van der Waals surface area contributed by atoms with Gasteiger partial charge in [0, 0.05) is 0 Å². The average Bonchev–Trinajstić information content (AvgIpc) is 2.03. The summed E-state index contributed by atoms with van der Waals surface area (Å²) in [5, 5.41) is 3.95. The van der Waals surface area contributed by atoms with E-state index in [1.807, 2.05) is 0 Å². The molecule has 0 aromatic rings. The van der Waals surface area contributed by atoms with Crippen LogP contribution in [0.1, 0.15) is 40.0 Å². The number of oxime groups is 1. The molecule has 0 saturated carbocycles. The molecule has 0 aliphatic carbocycles. The van der Waals surface area contributed by atoms with E-state index in [0.29, 0.717) is 0 Å². The van der Waals surface area contributed by atoms with Gasteiger partial charge in [-0.25, -0.2) is 0 Å². The number of hydrogen-bond donors (Lipinski definition) is 0. The van der Waals surface area contributed by atoms with E-state index in [9.17, 15) is 0 Å². The highest BCUT2D eigenvalue weighted by Crippen LogP contribution is 2.09. The molecule has 0 saturated heterocycles. The Kier molecular flexibility index (Phi) is 5.90. The topological polar surface area (TPSA) is 21.6 Å². The molecule has 0 radical (unpaired) electrons. The van der Waals surface area contributed by atoms with Gasteiger partial charge in [-0.3, -0.25) is 0 Å². The fraction of sp³-hybridized carbons (Fsp3) is 0.889. The minimum Gasteiger partial charge on any atom is -0.399 e. The number of nitrogens with zero attached hydrogens (tertiary/aromatic N) is 1. The van der Waals surface area contributed by atoms with Gasteiger partial charge in [-0.1, -0.05) is 32.3 Å². The maximum Gasteiger partial charge on any atom is 0.106 e. The van der Waals surface area contributed by atoms with Crippen LogP contribution in [0.2, 0.25) is 0 Å². The van der Waals surface area contributed by atoms with Gasteiger partial charge in [0.1, 0.15) is 7.11 Å². The first kappa shape index (κ1) is 10.5. The van der Waals surface area contributed by atoms with Gasteiger partial charge >= 0.3 is 0 Å². The largest absolute Gasteiger partial charge is 0.399 e. The van der Waals surface area contributed by atoms with E-state index in [4.69, 9.17) is 4.84 Å². The Morgan fingerprint density at radius 1 is 1.45 bits per heavy atom. The summed E-state index contributed by atoms with van der Waals surface area (Å²) in [6.07, 6.45) is 3.28. The molecule has 1 atom stereocenters. The molecular weight excluding hydrogens is 138 g/mol. The highest BCUT2D eigenvalue weighted by atomic mass is 16.6. The first-order valence-corrected chi connectivity index (χ1v) is 4.33. The maximum absolute atomic E-state index is 4.73. The minimum atomic E-state index is 0.726. The molecule has 0 rings (SSSR count). The summed E-state index contributed by atoms with van der Waals surface area (Å²) in [6, 6.07) is 0. The zero-order chi connectivity index (χ0) is 8.69. The molecule has 1 unspecified atom stereocenters. The summed E-state index contributed by atoms with van der Waals surface area (Å²) in [4.78, 5) is 4.73. The van der Waals surface area contributed by atoms with Gasteiger partial charge < -0.3 is 4.84 Å². The predicted molar refractivity (Wildman–Crippen MR) is 48.8 cm³/mol. The molecule has 0 aromatic carbocycles. The summed E-state index contributed by atoms with van der Waals surface area (Å²) in [5.41, 5.74) is 1.17. The first-order valence-electron chi connectivity index (χ1n) is 4.33. The van der Waals surface area contributed by atoms with Crippen molar-refractivity contribution in [2.45, 2.75) is 40.0 Å². The van der Waals surface area contributed by atoms with Crippen molar-refractivity contribution in [3.63, 3.8) is 0 Å². The summed E-state index contributed by atoms with van der Waals surface area (Å²) in [6.45, 7) is 6.55. The van der Waals surface area contributed by atoms with Crippen molar-refractivity contribution in [3.8, 4) is 0 Å². The SMILES string of the molecule is CC/C(CC(C)CC)=N\OC. The minimum absolute atomic E-state index is 0.726. The third kappa shape index (κ3) is 4.82. The fourth-order valence-corrected chi connectivity index (χ4v) is 0.922. The van der Waals surface area contributed by atoms with Crippen LogP contribution in [-0.2, 0) is 4.84 Å². The third-order valence-corrected chi connectivity index (χ3v) is 1.91. The molecule has 0 aliphatic rings. The molecule has 11 heavy (non-hydrogen) atoms. The Bertz CT molecular complexity index is 121. The highest BCUT2D eigenvalue weighted by molar-refractivity contribution is 5.83. The van der Waals surface area contributed by atoms with Gasteiger partial charge in [-0.15, -0.1) is 0 Å². The van der Waals surface area contributed by atoms with Crippen molar-refractivity contribution in [2.24, 2.45) is 11.1 Å². The van der Waals surface area contributed by atoms with Gasteiger partial charge in [0.2, 0.25) is 0 Å². The van der Waals surface area contributed by atoms with Gasteiger partial charge in [0.05, 0.1) is 5.71 Å². The number of rotatable bonds is 5. The molecule has 0 amide bonds. The molecule has 0 aliphatic heterocycles. The molecule has 0 spiro atoms. The van der Waals surface area contributed by atoms with Crippen LogP contribution in [0.5, 0.6) is 0 Å². The van der Waals surface area contributed by atoms with Crippen LogP contribution in [0.3, 0.4) is 0 Å². The van der Waals surface area contributed by atoms with Gasteiger partial charge in [0.25, 0.3) is 0 Å². The lowest BCUT2D eigenvalue weighted by atomic mass is 10.0. The summed E-state index contributed by atoms with van der Waals surface area (Å²) in [5.74, 6) is 0.726. The standard InChI is InChI=1S/C9H19NO/c1-5-8(3)7-9(6-2)10-11-4/h8H,5-7H2,1-4H3/b10-9+. The van der Waals surface area contributed by atoms with Crippen LogP contribution < -0.4 is 0 Å². The van der Waals surface area contributed by atoms with Crippen molar-refractivity contribution in [1.82, 2.24) is 0 Å². The Morgan fingerprint density at radius 3 is 2.45 bits per heavy atom. The molecule has 0 bridgehead atoms. The van der Waals surface area contributed by atoms with Crippen LogP contribution in [0.15, 0.2) is 5.16 Å². The molecule has 0 N–H and O–H groups in total. The maximum atomic E-state index is 4.73. The Balaban J connectivity index is 3.77. The quantitative estimate of drug-likeness (QED) is 0.444. The predicted octanol–water partition coefficient (Wildman–Crippen LogP) is 2.84. The van der Waals surface area contributed by atoms with Crippen LogP contribution in [0, 0.1) is 5.92 Å². The molecule has 66 valence electrons. The normalized spacial score (nSPS) is 14.7. The Morgan fingerprint density at radius 2 is 2.09 bits per heavy atom. The fourth-order valence-electron chi connectivity index (χ4n) is 0.922. The zero-order valence-electron chi connectivity index (χ0n) is 8.05. The van der Waals surface area contributed by atoms with Crippen LogP contribution in [0.25, 0.3) is 0 Å². The van der Waals surface area contributed by atoms with E-state index in [0.717, 1.165) is 18.8 Å². The lowest BCUT2D eigenvalue weighted by Gasteiger charge is -2.08. The van der Waals surface area contributed by atoms with E-state index in [-0.39, 0.29) is 0 Å². The van der Waals surface area contributed by atoms with E-state index >= 15 is 0 Å². The van der Waals surface area contributed by atoms with E-state index < -0.39 is 0 Å². The van der Waals surface area contributed by atoms with Gasteiger partial charge in [-0.2, -0.15) is 0 Å². The van der Waals surface area contributed by atoms with Crippen LogP contribution in [-0.4, -0.2) is 12.8 Å². The monoisotopic (exact) mass is 157 g/mol. The van der Waals surface area contributed by atoms with Crippen molar-refractivity contribution in [3.05, 3.63) is 0 Å². The lowest BCUT2D eigenvalue weighted by Crippen LogP contribution is -2.04. The second-order valence-corrected chi connectivity index (χ2v) is 2.91. The highest BCUT2D eigenvalue weighted by Gasteiger charge is 2.03. The van der Waals surface area contributed by atoms with Crippen LogP contribution in [0.4, 0.5) is 0 Å².